The Morgan fingerprint density at radius 1 is 0.362 bits per heavy atom. The summed E-state index contributed by atoms with van der Waals surface area (Å²) in [6.45, 7) is 1.30. The van der Waals surface area contributed by atoms with Crippen LogP contribution in [-0.2, 0) is 114 Å². The van der Waals surface area contributed by atoms with Gasteiger partial charge in [0, 0.05) is 156 Å². The van der Waals surface area contributed by atoms with Gasteiger partial charge < -0.3 is 184 Å². The number of anilines is 1. The summed E-state index contributed by atoms with van der Waals surface area (Å²) in [6, 6.07) is -3.78. The lowest BCUT2D eigenvalue weighted by Crippen LogP contribution is -2.64. The number of aliphatic carboxylic acids is 1. The Labute approximate surface area is 867 Å². The van der Waals surface area contributed by atoms with Crippen molar-refractivity contribution >= 4 is 114 Å². The molecule has 24 atom stereocenters. The van der Waals surface area contributed by atoms with Gasteiger partial charge >= 0.3 is 13.8 Å². The zero-order valence-corrected chi connectivity index (χ0v) is 86.6. The van der Waals surface area contributed by atoms with Crippen LogP contribution in [0.2, 0.25) is 0 Å². The number of thioether (sulfide) groups is 1. The number of ether oxygens (including phenoxy) is 8. The van der Waals surface area contributed by atoms with Gasteiger partial charge in [-0.05, 0) is 140 Å². The lowest BCUT2D eigenvalue weighted by atomic mass is 9.97. The number of phosphoric ester groups is 1. The van der Waals surface area contributed by atoms with Crippen LogP contribution in [0.25, 0.3) is 0 Å². The van der Waals surface area contributed by atoms with Crippen molar-refractivity contribution in [3.05, 3.63) is 29.3 Å². The highest BCUT2D eigenvalue weighted by Gasteiger charge is 2.50. The average Bonchev–Trinajstić information content (AvgIpc) is 0.815. The van der Waals surface area contributed by atoms with Gasteiger partial charge in [0.15, 0.2) is 25.2 Å². The molecule has 0 radical (unpaired) electrons. The minimum atomic E-state index is -4.09. The molecule has 0 saturated carbocycles. The number of rotatable bonds is 74. The smallest absolute Gasteiger partial charge is 0.471 e. The molecule has 0 spiro atoms. The fourth-order valence-electron chi connectivity index (χ4n) is 16.1. The van der Waals surface area contributed by atoms with Gasteiger partial charge in [-0.15, -0.1) is 11.8 Å². The quantitative estimate of drug-likeness (QED) is 0.0213. The molecule has 850 valence electrons. The van der Waals surface area contributed by atoms with Crippen molar-refractivity contribution in [2.75, 3.05) is 123 Å². The van der Waals surface area contributed by atoms with E-state index < -0.39 is 257 Å². The predicted octanol–water partition coefficient (Wildman–Crippen LogP) is -6.04. The number of amides is 14. The summed E-state index contributed by atoms with van der Waals surface area (Å²) in [5, 5.41) is 169. The van der Waals surface area contributed by atoms with Crippen molar-refractivity contribution < 1.29 is 195 Å². The maximum absolute atomic E-state index is 14.8. The van der Waals surface area contributed by atoms with Crippen LogP contribution in [0, 0.1) is 0 Å². The molecular formula is C93H157N14O40PS. The molecule has 14 amide bonds. The molecule has 5 rings (SSSR count). The van der Waals surface area contributed by atoms with Crippen molar-refractivity contribution in [1.29, 1.82) is 0 Å². The minimum Gasteiger partial charge on any atom is -0.481 e. The van der Waals surface area contributed by atoms with E-state index in [1.165, 1.54) is 50.7 Å². The zero-order chi connectivity index (χ0) is 110. The van der Waals surface area contributed by atoms with Gasteiger partial charge in [-0.2, -0.15) is 0 Å². The normalized spacial score (nSPS) is 24.7. The number of carboxylic acid groups (broad SMARTS) is 1. The van der Waals surface area contributed by atoms with Crippen molar-refractivity contribution in [3.63, 3.8) is 0 Å². The highest BCUT2D eigenvalue weighted by molar-refractivity contribution is 8.00. The van der Waals surface area contributed by atoms with Crippen LogP contribution < -0.4 is 74.4 Å². The van der Waals surface area contributed by atoms with Crippen molar-refractivity contribution in [3.8, 4) is 0 Å². The highest BCUT2D eigenvalue weighted by Crippen LogP contribution is 2.42. The Bertz CT molecular complexity index is 4340. The van der Waals surface area contributed by atoms with Crippen LogP contribution in [0.5, 0.6) is 0 Å². The van der Waals surface area contributed by atoms with E-state index in [-0.39, 0.29) is 210 Å². The third-order valence-electron chi connectivity index (χ3n) is 24.2. The number of carboxylic acids is 1. The average molecular weight is 2170 g/mol. The molecule has 149 heavy (non-hydrogen) atoms. The van der Waals surface area contributed by atoms with Gasteiger partial charge in [0.2, 0.25) is 70.9 Å². The summed E-state index contributed by atoms with van der Waals surface area (Å²) < 4.78 is 66.3. The largest absolute Gasteiger partial charge is 0.481 e. The number of unbranched alkanes of at least 4 members (excludes halogenated alkanes) is 11. The van der Waals surface area contributed by atoms with Gasteiger partial charge in [0.25, 0.3) is 11.8 Å². The van der Waals surface area contributed by atoms with Crippen molar-refractivity contribution in [2.45, 2.75) is 341 Å². The summed E-state index contributed by atoms with van der Waals surface area (Å²) >= 11 is 1.19. The number of aliphatic hydroxyl groups is 12. The number of aliphatic hydroxyl groups excluding tert-OH is 12. The number of phosphoric acid groups is 1. The van der Waals surface area contributed by atoms with Crippen LogP contribution >= 0.6 is 19.6 Å². The van der Waals surface area contributed by atoms with Gasteiger partial charge in [-0.3, -0.25) is 81.0 Å². The first-order valence-electron chi connectivity index (χ1n) is 50.4. The Morgan fingerprint density at radius 3 is 1.03 bits per heavy atom. The van der Waals surface area contributed by atoms with Gasteiger partial charge in [-0.25, -0.2) is 4.57 Å². The maximum Gasteiger partial charge on any atom is 0.471 e. The Balaban J connectivity index is 1.31. The number of hydrogen-bond acceptors (Lipinski definition) is 39. The summed E-state index contributed by atoms with van der Waals surface area (Å²) in [7, 11) is -3.04. The van der Waals surface area contributed by atoms with Crippen molar-refractivity contribution in [1.82, 2.24) is 69.1 Å². The fourth-order valence-corrected chi connectivity index (χ4v) is 17.7. The molecule has 0 aliphatic carbocycles. The molecule has 28 N–H and O–H groups in total. The number of carbonyl (C=O) groups excluding carboxylic acids is 14. The Morgan fingerprint density at radius 2 is 0.671 bits per heavy atom. The summed E-state index contributed by atoms with van der Waals surface area (Å²) in [5.41, 5.74) is -0.602. The maximum atomic E-state index is 14.8. The molecule has 4 saturated heterocycles. The fraction of sp³-hybridized carbons (Fsp3) is 0.774. The first-order valence-corrected chi connectivity index (χ1v) is 53.0. The standard InChI is InChI=1S/C93H157N14O40PS/c1-53(112)101-73-81(127)77(123)62(49-108)144-90(73)139-39-20-12-28-67(116)94-32-17-10-25-60(106-70(119)30-14-22-41-141-92-75(103-55(3)114)83(129)79(125)64(51-110)146-92)87(133)100-38-37-99-86(132)58-45-57(85(131)98-36-35-96-69(118)27-9-8-16-34-97-89(135)66(48-72(121)122)149-44-24-7-6-19-43-143-148(136,137)138-5)46-59(47-58)105-88(134)61(107-71(120)31-15-23-42-142-93-76(104-56(4)115)84(130)80(126)65(52-111)147-93)26-11-18-33-95-68(117)29-13-21-40-140-91-74(102-54(2)113)82(128)78(124)63(50-109)145-91/h45-47,60-66,73-84,90-93,108-111,123-130H,6-44,48-52H2,1-5H3,(H,94,116)(H,95,117)(H,96,118)(H,97,135)(H,98,131)(H,99,132)(H,100,133)(H,101,112)(H,102,113)(H,103,114)(H,104,115)(H,105,134)(H,106,119)(H,107,120)(H,121,122)(H,136,137)/t60-,61-,62?,63?,64?,65?,66?,73?,74?,75?,76?,77?,78?,79?,80?,81?,82?,83?,84?,90?,91?,92?,93?/m0/s1. The van der Waals surface area contributed by atoms with E-state index in [0.717, 1.165) is 14.0 Å². The number of carbonyl (C=O) groups is 15. The van der Waals surface area contributed by atoms with Gasteiger partial charge in [-0.1, -0.05) is 19.3 Å². The van der Waals surface area contributed by atoms with E-state index in [1.54, 1.807) is 0 Å². The second-order valence-electron chi connectivity index (χ2n) is 36.4. The summed E-state index contributed by atoms with van der Waals surface area (Å²) in [5.74, 6) is -8.99. The van der Waals surface area contributed by atoms with E-state index in [0.29, 0.717) is 70.0 Å². The topological polar surface area (TPSA) is 817 Å². The Hall–Kier alpha value is -9.07. The van der Waals surface area contributed by atoms with Crippen molar-refractivity contribution in [2.24, 2.45) is 0 Å². The molecule has 4 aliphatic heterocycles. The van der Waals surface area contributed by atoms with E-state index in [2.05, 4.69) is 79.0 Å². The second-order valence-corrected chi connectivity index (χ2v) is 39.2. The number of hydrogen-bond donors (Lipinski definition) is 28. The third kappa shape index (κ3) is 49.7. The molecule has 1 aromatic carbocycles. The molecule has 0 aromatic heterocycles. The summed E-state index contributed by atoms with van der Waals surface area (Å²) in [4.78, 5) is 206. The van der Waals surface area contributed by atoms with Gasteiger partial charge in [0.05, 0.1) is 44.7 Å². The first-order chi connectivity index (χ1) is 71.0. The molecule has 4 fully saturated rings. The molecule has 4 aliphatic rings. The summed E-state index contributed by atoms with van der Waals surface area (Å²) in [6.07, 6.45) is -16.8. The molecule has 54 nitrogen and oxygen atoms in total. The predicted molar refractivity (Wildman–Crippen MR) is 525 cm³/mol. The van der Waals surface area contributed by atoms with E-state index >= 15 is 0 Å². The Kier molecular flexibility index (Phi) is 62.8. The first kappa shape index (κ1) is 130. The molecule has 22 unspecified atom stereocenters. The number of benzene rings is 1. The molecule has 4 heterocycles. The van der Waals surface area contributed by atoms with Crippen LogP contribution in [0.15, 0.2) is 18.2 Å². The molecular weight excluding hydrogens is 2020 g/mol. The molecule has 0 bridgehead atoms. The lowest BCUT2D eigenvalue weighted by Gasteiger charge is -2.42. The molecule has 1 aromatic rings. The van der Waals surface area contributed by atoms with Gasteiger partial charge in [0.1, 0.15) is 109 Å². The highest BCUT2D eigenvalue weighted by atomic mass is 32.2. The van der Waals surface area contributed by atoms with E-state index in [4.69, 9.17) is 42.4 Å². The monoisotopic (exact) mass is 2170 g/mol. The third-order valence-corrected chi connectivity index (χ3v) is 26.4. The van der Waals surface area contributed by atoms with E-state index in [9.17, 15) is 148 Å². The van der Waals surface area contributed by atoms with Crippen LogP contribution in [0.1, 0.15) is 222 Å². The minimum absolute atomic E-state index is 0.00281. The van der Waals surface area contributed by atoms with Crippen LogP contribution in [0.4, 0.5) is 5.69 Å². The van der Waals surface area contributed by atoms with E-state index in [1.807, 2.05) is 0 Å². The SMILES string of the molecule is COP(=O)(O)OCCCCCCSC(CC(=O)O)C(=O)NCCCCCC(=O)NCCNC(=O)c1cc(NC(=O)[C@H](CCCCNC(=O)CCCCOC2OC(CO)C(O)C(O)C2NC(C)=O)NC(=O)CCCCOC2OC(CO)C(O)C(O)C2NC(C)=O)cc(C(=O)NCCNC(=O)[C@H](CCCCNC(=O)CCCCOC2OC(CO)C(O)C(O)C2NC(C)=O)NC(=O)CCCCOC2OC(CO)C(O)C(O)C2NC(C)=O)c1. The van der Waals surface area contributed by atoms with Crippen LogP contribution in [0.3, 0.4) is 0 Å². The molecule has 56 heteroatoms. The number of nitrogens with one attached hydrogen (secondary N) is 14. The second kappa shape index (κ2) is 71.8. The van der Waals surface area contributed by atoms with Crippen LogP contribution in [-0.4, -0.2) is 418 Å². The zero-order valence-electron chi connectivity index (χ0n) is 84.9. The lowest BCUT2D eigenvalue weighted by molar-refractivity contribution is -0.270.